The third-order valence-corrected chi connectivity index (χ3v) is 2.10. The van der Waals surface area contributed by atoms with Gasteiger partial charge in [0.25, 0.3) is 0 Å². The molecule has 0 aromatic rings. The molecule has 1 fully saturated rings. The van der Waals surface area contributed by atoms with Gasteiger partial charge in [-0.15, -0.1) is 0 Å². The van der Waals surface area contributed by atoms with E-state index in [0.717, 1.165) is 19.4 Å². The number of nitrogens with one attached hydrogen (secondary N) is 1. The lowest BCUT2D eigenvalue weighted by atomic mass is 9.89. The molecule has 0 aromatic heterocycles. The Bertz CT molecular complexity index is 147. The van der Waals surface area contributed by atoms with Crippen molar-refractivity contribution < 1.29 is 4.74 Å². The van der Waals surface area contributed by atoms with E-state index in [1.165, 1.54) is 0 Å². The van der Waals surface area contributed by atoms with E-state index in [1.807, 2.05) is 0 Å². The number of ether oxygens (including phenoxy) is 1. The molecule has 62 valence electrons. The highest BCUT2D eigenvalue weighted by Gasteiger charge is 2.27. The molecule has 0 heterocycles. The lowest BCUT2D eigenvalue weighted by Gasteiger charge is -2.34. The molecule has 3 heteroatoms. The monoisotopic (exact) mass is 154 g/mol. The van der Waals surface area contributed by atoms with Crippen molar-refractivity contribution >= 4 is 0 Å². The highest BCUT2D eigenvalue weighted by Crippen LogP contribution is 2.22. The minimum atomic E-state index is 0.453. The first-order valence-corrected chi connectivity index (χ1v) is 4.00. The van der Waals surface area contributed by atoms with Gasteiger partial charge in [-0.1, -0.05) is 0 Å². The SMILES string of the molecule is COC1CC(NCCC#N)C1. The van der Waals surface area contributed by atoms with Crippen molar-refractivity contribution in [2.45, 2.75) is 31.4 Å². The second-order valence-electron chi connectivity index (χ2n) is 2.89. The van der Waals surface area contributed by atoms with E-state index in [0.29, 0.717) is 18.6 Å². The minimum absolute atomic E-state index is 0.453. The zero-order valence-electron chi connectivity index (χ0n) is 6.84. The number of methoxy groups -OCH3 is 1. The summed E-state index contributed by atoms with van der Waals surface area (Å²) < 4.78 is 5.12. The van der Waals surface area contributed by atoms with Crippen LogP contribution in [-0.4, -0.2) is 25.8 Å². The van der Waals surface area contributed by atoms with E-state index in [4.69, 9.17) is 10.00 Å². The Hall–Kier alpha value is -0.590. The Kier molecular flexibility index (Phi) is 3.34. The smallest absolute Gasteiger partial charge is 0.0635 e. The molecule has 0 bridgehead atoms. The van der Waals surface area contributed by atoms with Gasteiger partial charge in [-0.25, -0.2) is 0 Å². The first-order valence-electron chi connectivity index (χ1n) is 4.00. The summed E-state index contributed by atoms with van der Waals surface area (Å²) in [5.74, 6) is 0. The van der Waals surface area contributed by atoms with Gasteiger partial charge in [-0.3, -0.25) is 0 Å². The molecule has 3 nitrogen and oxygen atoms in total. The topological polar surface area (TPSA) is 45.0 Å². The van der Waals surface area contributed by atoms with E-state index in [-0.39, 0.29) is 0 Å². The summed E-state index contributed by atoms with van der Waals surface area (Å²) in [5, 5.41) is 11.5. The van der Waals surface area contributed by atoms with Crippen molar-refractivity contribution in [2.75, 3.05) is 13.7 Å². The minimum Gasteiger partial charge on any atom is -0.381 e. The van der Waals surface area contributed by atoms with Crippen LogP contribution in [0.2, 0.25) is 0 Å². The second kappa shape index (κ2) is 4.32. The summed E-state index contributed by atoms with van der Waals surface area (Å²) in [4.78, 5) is 0. The molecule has 1 saturated carbocycles. The van der Waals surface area contributed by atoms with Crippen molar-refractivity contribution in [2.24, 2.45) is 0 Å². The van der Waals surface area contributed by atoms with Gasteiger partial charge < -0.3 is 10.1 Å². The predicted molar refractivity (Wildman–Crippen MR) is 42.1 cm³/mol. The zero-order chi connectivity index (χ0) is 8.10. The predicted octanol–water partition coefficient (Wildman–Crippen LogP) is 0.667. The second-order valence-corrected chi connectivity index (χ2v) is 2.89. The molecule has 0 aliphatic heterocycles. The first-order chi connectivity index (χ1) is 5.36. The van der Waals surface area contributed by atoms with E-state index in [9.17, 15) is 0 Å². The van der Waals surface area contributed by atoms with Crippen LogP contribution in [-0.2, 0) is 4.74 Å². The summed E-state index contributed by atoms with van der Waals surface area (Å²) in [6.07, 6.45) is 3.26. The normalized spacial score (nSPS) is 29.1. The van der Waals surface area contributed by atoms with Gasteiger partial charge in [0.15, 0.2) is 0 Å². The number of nitrogens with zero attached hydrogens (tertiary/aromatic N) is 1. The van der Waals surface area contributed by atoms with Gasteiger partial charge in [0.05, 0.1) is 12.2 Å². The van der Waals surface area contributed by atoms with Crippen molar-refractivity contribution in [1.82, 2.24) is 5.32 Å². The number of rotatable bonds is 4. The molecule has 11 heavy (non-hydrogen) atoms. The number of nitriles is 1. The van der Waals surface area contributed by atoms with Crippen molar-refractivity contribution in [3.63, 3.8) is 0 Å². The van der Waals surface area contributed by atoms with Crippen LogP contribution < -0.4 is 5.32 Å². The summed E-state index contributed by atoms with van der Waals surface area (Å²) in [5.41, 5.74) is 0. The van der Waals surface area contributed by atoms with Gasteiger partial charge in [0.2, 0.25) is 0 Å². The molecule has 1 N–H and O–H groups in total. The van der Waals surface area contributed by atoms with E-state index in [2.05, 4.69) is 11.4 Å². The molecule has 1 rings (SSSR count). The Morgan fingerprint density at radius 3 is 2.91 bits per heavy atom. The van der Waals surface area contributed by atoms with Crippen LogP contribution in [0.15, 0.2) is 0 Å². The first kappa shape index (κ1) is 8.51. The standard InChI is InChI=1S/C8H14N2O/c1-11-8-5-7(6-8)10-4-2-3-9/h7-8,10H,2,4-6H2,1H3. The average molecular weight is 154 g/mol. The van der Waals surface area contributed by atoms with Gasteiger partial charge >= 0.3 is 0 Å². The van der Waals surface area contributed by atoms with Crippen LogP contribution in [0.4, 0.5) is 0 Å². The fourth-order valence-electron chi connectivity index (χ4n) is 1.26. The molecule has 0 amide bonds. The number of hydrogen-bond donors (Lipinski definition) is 1. The van der Waals surface area contributed by atoms with Crippen molar-refractivity contribution in [1.29, 1.82) is 5.26 Å². The van der Waals surface area contributed by atoms with E-state index >= 15 is 0 Å². The summed E-state index contributed by atoms with van der Waals surface area (Å²) >= 11 is 0. The molecular formula is C8H14N2O. The van der Waals surface area contributed by atoms with Crippen LogP contribution >= 0.6 is 0 Å². The summed E-state index contributed by atoms with van der Waals surface area (Å²) in [7, 11) is 1.75. The van der Waals surface area contributed by atoms with Gasteiger partial charge in [-0.05, 0) is 12.8 Å². The Labute approximate surface area is 67.3 Å². The molecule has 0 unspecified atom stereocenters. The van der Waals surface area contributed by atoms with E-state index in [1.54, 1.807) is 7.11 Å². The maximum absolute atomic E-state index is 8.25. The highest BCUT2D eigenvalue weighted by atomic mass is 16.5. The van der Waals surface area contributed by atoms with Crippen LogP contribution in [0.1, 0.15) is 19.3 Å². The largest absolute Gasteiger partial charge is 0.381 e. The van der Waals surface area contributed by atoms with Gasteiger partial charge in [0, 0.05) is 26.1 Å². The molecule has 0 saturated heterocycles. The third-order valence-electron chi connectivity index (χ3n) is 2.10. The van der Waals surface area contributed by atoms with Crippen molar-refractivity contribution in [3.05, 3.63) is 0 Å². The zero-order valence-corrected chi connectivity index (χ0v) is 6.84. The fraction of sp³-hybridized carbons (Fsp3) is 0.875. The van der Waals surface area contributed by atoms with Crippen LogP contribution in [0.25, 0.3) is 0 Å². The average Bonchev–Trinajstić information content (AvgIpc) is 1.94. The summed E-state index contributed by atoms with van der Waals surface area (Å²) in [6.45, 7) is 0.817. The summed E-state index contributed by atoms with van der Waals surface area (Å²) in [6, 6.07) is 2.69. The Morgan fingerprint density at radius 1 is 1.64 bits per heavy atom. The van der Waals surface area contributed by atoms with Gasteiger partial charge in [-0.2, -0.15) is 5.26 Å². The Balaban J connectivity index is 1.93. The van der Waals surface area contributed by atoms with Crippen LogP contribution in [0.5, 0.6) is 0 Å². The molecular weight excluding hydrogens is 140 g/mol. The lowest BCUT2D eigenvalue weighted by Crippen LogP contribution is -2.45. The van der Waals surface area contributed by atoms with Gasteiger partial charge in [0.1, 0.15) is 0 Å². The van der Waals surface area contributed by atoms with Crippen LogP contribution in [0.3, 0.4) is 0 Å². The highest BCUT2D eigenvalue weighted by molar-refractivity contribution is 4.86. The van der Waals surface area contributed by atoms with E-state index < -0.39 is 0 Å². The molecule has 0 radical (unpaired) electrons. The molecule has 1 aliphatic carbocycles. The molecule has 0 aromatic carbocycles. The molecule has 0 atom stereocenters. The molecule has 1 aliphatic rings. The Morgan fingerprint density at radius 2 is 2.36 bits per heavy atom. The number of hydrogen-bond acceptors (Lipinski definition) is 3. The van der Waals surface area contributed by atoms with Crippen molar-refractivity contribution in [3.8, 4) is 6.07 Å². The maximum Gasteiger partial charge on any atom is 0.0635 e. The van der Waals surface area contributed by atoms with Crippen LogP contribution in [0, 0.1) is 11.3 Å². The third kappa shape index (κ3) is 2.49. The fourth-order valence-corrected chi connectivity index (χ4v) is 1.26. The maximum atomic E-state index is 8.25. The lowest BCUT2D eigenvalue weighted by molar-refractivity contribution is 0.0178. The quantitative estimate of drug-likeness (QED) is 0.605. The molecule has 0 spiro atoms.